The summed E-state index contributed by atoms with van der Waals surface area (Å²) in [6.07, 6.45) is 5.77. The number of nitrogens with zero attached hydrogens (tertiary/aromatic N) is 1. The Kier molecular flexibility index (Phi) is 3.95. The molecule has 15 heavy (non-hydrogen) atoms. The van der Waals surface area contributed by atoms with Crippen molar-refractivity contribution in [3.05, 3.63) is 12.2 Å². The van der Waals surface area contributed by atoms with E-state index in [1.54, 1.807) is 6.08 Å². The maximum atomic E-state index is 11.6. The van der Waals surface area contributed by atoms with Gasteiger partial charge in [-0.25, -0.2) is 0 Å². The first-order valence-corrected chi connectivity index (χ1v) is 5.86. The van der Waals surface area contributed by atoms with Crippen LogP contribution in [0.3, 0.4) is 0 Å². The summed E-state index contributed by atoms with van der Waals surface area (Å²) in [5.41, 5.74) is 0.385. The summed E-state index contributed by atoms with van der Waals surface area (Å²) in [4.78, 5) is 13.6. The van der Waals surface area contributed by atoms with Gasteiger partial charge in [0.05, 0.1) is 0 Å². The van der Waals surface area contributed by atoms with Gasteiger partial charge in [-0.3, -0.25) is 4.79 Å². The zero-order valence-electron chi connectivity index (χ0n) is 10.4. The van der Waals surface area contributed by atoms with Crippen LogP contribution in [-0.2, 0) is 4.79 Å². The van der Waals surface area contributed by atoms with E-state index >= 15 is 0 Å². The van der Waals surface area contributed by atoms with E-state index in [9.17, 15) is 4.79 Å². The number of hydrogen-bond donors (Lipinski definition) is 0. The van der Waals surface area contributed by atoms with Crippen molar-refractivity contribution in [1.29, 1.82) is 0 Å². The highest BCUT2D eigenvalue weighted by atomic mass is 16.2. The molecule has 2 nitrogen and oxygen atoms in total. The van der Waals surface area contributed by atoms with E-state index in [2.05, 4.69) is 20.8 Å². The van der Waals surface area contributed by atoms with Crippen molar-refractivity contribution in [2.45, 2.75) is 40.5 Å². The number of carbonyl (C=O) groups is 1. The van der Waals surface area contributed by atoms with Gasteiger partial charge in [0.15, 0.2) is 0 Å². The lowest BCUT2D eigenvalue weighted by Gasteiger charge is -2.38. The van der Waals surface area contributed by atoms with Crippen LogP contribution in [0.2, 0.25) is 0 Å². The molecule has 0 spiro atoms. The molecule has 0 aromatic carbocycles. The predicted molar refractivity (Wildman–Crippen MR) is 63.6 cm³/mol. The van der Waals surface area contributed by atoms with E-state index in [-0.39, 0.29) is 5.91 Å². The minimum atomic E-state index is 0.171. The van der Waals surface area contributed by atoms with Gasteiger partial charge in [-0.2, -0.15) is 0 Å². The highest BCUT2D eigenvalue weighted by molar-refractivity contribution is 5.87. The number of rotatable bonds is 1. The predicted octanol–water partition coefficient (Wildman–Crippen LogP) is 2.85. The summed E-state index contributed by atoms with van der Waals surface area (Å²) in [6.45, 7) is 10.6. The maximum Gasteiger partial charge on any atom is 0.246 e. The van der Waals surface area contributed by atoms with Crippen LogP contribution >= 0.6 is 0 Å². The van der Waals surface area contributed by atoms with Crippen LogP contribution in [0.5, 0.6) is 0 Å². The summed E-state index contributed by atoms with van der Waals surface area (Å²) in [7, 11) is 0. The summed E-state index contributed by atoms with van der Waals surface area (Å²) in [5.74, 6) is 0.928. The molecule has 2 heteroatoms. The SMILES string of the molecule is C/C=C/C(=O)N1CCC(C(C)(C)C)CC1. The number of hydrogen-bond acceptors (Lipinski definition) is 1. The lowest BCUT2D eigenvalue weighted by molar-refractivity contribution is -0.127. The molecule has 0 aliphatic carbocycles. The van der Waals surface area contributed by atoms with E-state index in [0.717, 1.165) is 31.8 Å². The molecule has 1 saturated heterocycles. The van der Waals surface area contributed by atoms with Gasteiger partial charge in [-0.1, -0.05) is 26.8 Å². The average Bonchev–Trinajstić information content (AvgIpc) is 2.17. The molecule has 1 aliphatic heterocycles. The highest BCUT2D eigenvalue weighted by Crippen LogP contribution is 2.34. The van der Waals surface area contributed by atoms with Gasteiger partial charge in [0.25, 0.3) is 0 Å². The number of amides is 1. The minimum Gasteiger partial charge on any atom is -0.339 e. The van der Waals surface area contributed by atoms with Crippen LogP contribution in [0.4, 0.5) is 0 Å². The number of likely N-dealkylation sites (tertiary alicyclic amines) is 1. The molecule has 0 N–H and O–H groups in total. The molecular formula is C13H23NO. The second kappa shape index (κ2) is 4.82. The Morgan fingerprint density at radius 1 is 1.27 bits per heavy atom. The summed E-state index contributed by atoms with van der Waals surface area (Å²) in [6, 6.07) is 0. The van der Waals surface area contributed by atoms with Gasteiger partial charge in [0.2, 0.25) is 5.91 Å². The smallest absolute Gasteiger partial charge is 0.246 e. The Morgan fingerprint density at radius 2 is 1.80 bits per heavy atom. The van der Waals surface area contributed by atoms with Gasteiger partial charge in [-0.15, -0.1) is 0 Å². The third-order valence-corrected chi connectivity index (χ3v) is 3.34. The molecular weight excluding hydrogens is 186 g/mol. The van der Waals surface area contributed by atoms with E-state index in [4.69, 9.17) is 0 Å². The van der Waals surface area contributed by atoms with Gasteiger partial charge < -0.3 is 4.90 Å². The molecule has 1 fully saturated rings. The molecule has 0 atom stereocenters. The summed E-state index contributed by atoms with van der Waals surface area (Å²) >= 11 is 0. The van der Waals surface area contributed by atoms with Crippen molar-refractivity contribution in [3.63, 3.8) is 0 Å². The average molecular weight is 209 g/mol. The van der Waals surface area contributed by atoms with Crippen LogP contribution in [0, 0.1) is 11.3 Å². The Balaban J connectivity index is 2.46. The monoisotopic (exact) mass is 209 g/mol. The topological polar surface area (TPSA) is 20.3 Å². The van der Waals surface area contributed by atoms with Crippen molar-refractivity contribution in [2.75, 3.05) is 13.1 Å². The first-order valence-electron chi connectivity index (χ1n) is 5.86. The summed E-state index contributed by atoms with van der Waals surface area (Å²) in [5, 5.41) is 0. The molecule has 0 unspecified atom stereocenters. The first kappa shape index (κ1) is 12.3. The van der Waals surface area contributed by atoms with Crippen LogP contribution in [0.25, 0.3) is 0 Å². The Labute approximate surface area is 93.3 Å². The molecule has 0 radical (unpaired) electrons. The van der Waals surface area contributed by atoms with E-state index < -0.39 is 0 Å². The van der Waals surface area contributed by atoms with Crippen molar-refractivity contribution in [1.82, 2.24) is 4.90 Å². The van der Waals surface area contributed by atoms with Crippen LogP contribution in [-0.4, -0.2) is 23.9 Å². The molecule has 0 saturated carbocycles. The maximum absolute atomic E-state index is 11.6. The third-order valence-electron chi connectivity index (χ3n) is 3.34. The zero-order chi connectivity index (χ0) is 11.5. The lowest BCUT2D eigenvalue weighted by Crippen LogP contribution is -2.40. The fourth-order valence-corrected chi connectivity index (χ4v) is 2.21. The highest BCUT2D eigenvalue weighted by Gasteiger charge is 2.29. The first-order chi connectivity index (χ1) is 6.95. The van der Waals surface area contributed by atoms with Crippen LogP contribution in [0.15, 0.2) is 12.2 Å². The fraction of sp³-hybridized carbons (Fsp3) is 0.769. The van der Waals surface area contributed by atoms with Gasteiger partial charge in [0, 0.05) is 13.1 Å². The standard InChI is InChI=1S/C13H23NO/c1-5-6-12(15)14-9-7-11(8-10-14)13(2,3)4/h5-6,11H,7-10H2,1-4H3/b6-5+. The van der Waals surface area contributed by atoms with Crippen molar-refractivity contribution in [2.24, 2.45) is 11.3 Å². The largest absolute Gasteiger partial charge is 0.339 e. The van der Waals surface area contributed by atoms with Crippen LogP contribution < -0.4 is 0 Å². The van der Waals surface area contributed by atoms with Gasteiger partial charge >= 0.3 is 0 Å². The Hall–Kier alpha value is -0.790. The quantitative estimate of drug-likeness (QED) is 0.608. The lowest BCUT2D eigenvalue weighted by atomic mass is 9.75. The minimum absolute atomic E-state index is 0.171. The van der Waals surface area contributed by atoms with E-state index in [1.165, 1.54) is 0 Å². The van der Waals surface area contributed by atoms with E-state index in [0.29, 0.717) is 5.41 Å². The summed E-state index contributed by atoms with van der Waals surface area (Å²) < 4.78 is 0. The van der Waals surface area contributed by atoms with Crippen molar-refractivity contribution < 1.29 is 4.79 Å². The molecule has 1 amide bonds. The zero-order valence-corrected chi connectivity index (χ0v) is 10.4. The molecule has 86 valence electrons. The van der Waals surface area contributed by atoms with Gasteiger partial charge in [-0.05, 0) is 37.2 Å². The Morgan fingerprint density at radius 3 is 2.20 bits per heavy atom. The fourth-order valence-electron chi connectivity index (χ4n) is 2.21. The normalized spacial score (nSPS) is 19.9. The molecule has 1 rings (SSSR count). The number of carbonyl (C=O) groups excluding carboxylic acids is 1. The third kappa shape index (κ3) is 3.37. The molecule has 1 heterocycles. The van der Waals surface area contributed by atoms with E-state index in [1.807, 2.05) is 17.9 Å². The number of allylic oxidation sites excluding steroid dienone is 1. The van der Waals surface area contributed by atoms with Crippen molar-refractivity contribution in [3.8, 4) is 0 Å². The second-order valence-electron chi connectivity index (χ2n) is 5.47. The molecule has 1 aliphatic rings. The van der Waals surface area contributed by atoms with Crippen LogP contribution in [0.1, 0.15) is 40.5 Å². The second-order valence-corrected chi connectivity index (χ2v) is 5.47. The molecule has 0 aromatic heterocycles. The van der Waals surface area contributed by atoms with Crippen molar-refractivity contribution >= 4 is 5.91 Å². The van der Waals surface area contributed by atoms with Gasteiger partial charge in [0.1, 0.15) is 0 Å². The molecule has 0 bridgehead atoms. The Bertz CT molecular complexity index is 242. The molecule has 0 aromatic rings. The number of piperidine rings is 1.